The standard InChI is InChI=1S/C12H12BrN5O2S/c1-3-21-9-4-7(13)5-15-10(9)12-16-6-8(18(19)20)11(14-2)17-12/h4-6H,3H2,1-2H3,(H,14,16,17). The maximum absolute atomic E-state index is 10.9. The zero-order valence-electron chi connectivity index (χ0n) is 11.3. The summed E-state index contributed by atoms with van der Waals surface area (Å²) < 4.78 is 0.859. The molecule has 9 heteroatoms. The molecule has 0 bridgehead atoms. The van der Waals surface area contributed by atoms with Gasteiger partial charge in [0.25, 0.3) is 0 Å². The van der Waals surface area contributed by atoms with Gasteiger partial charge in [0.15, 0.2) is 5.82 Å². The van der Waals surface area contributed by atoms with E-state index in [1.54, 1.807) is 25.0 Å². The third kappa shape index (κ3) is 3.48. The van der Waals surface area contributed by atoms with Crippen LogP contribution < -0.4 is 5.32 Å². The van der Waals surface area contributed by atoms with E-state index in [4.69, 9.17) is 0 Å². The quantitative estimate of drug-likeness (QED) is 0.490. The molecule has 1 N–H and O–H groups in total. The van der Waals surface area contributed by atoms with Crippen LogP contribution in [0.3, 0.4) is 0 Å². The Morgan fingerprint density at radius 1 is 1.43 bits per heavy atom. The van der Waals surface area contributed by atoms with Crippen LogP contribution in [0.1, 0.15) is 6.92 Å². The molecule has 0 aliphatic heterocycles. The van der Waals surface area contributed by atoms with Gasteiger partial charge in [0.05, 0.1) is 4.92 Å². The molecule has 0 saturated heterocycles. The predicted octanol–water partition coefficient (Wildman–Crippen LogP) is 3.36. The Morgan fingerprint density at radius 3 is 2.81 bits per heavy atom. The van der Waals surface area contributed by atoms with Gasteiger partial charge in [-0.2, -0.15) is 0 Å². The highest BCUT2D eigenvalue weighted by Gasteiger charge is 2.19. The lowest BCUT2D eigenvalue weighted by Gasteiger charge is -2.08. The summed E-state index contributed by atoms with van der Waals surface area (Å²) in [6.07, 6.45) is 2.84. The SMILES string of the molecule is CCSc1cc(Br)cnc1-c1ncc([N+](=O)[O-])c(NC)n1. The number of nitro groups is 1. The second-order valence-corrected chi connectivity index (χ2v) is 6.09. The van der Waals surface area contributed by atoms with E-state index in [0.717, 1.165) is 15.1 Å². The Kier molecular flexibility index (Phi) is 5.07. The summed E-state index contributed by atoms with van der Waals surface area (Å²) in [5, 5.41) is 13.6. The zero-order chi connectivity index (χ0) is 15.4. The van der Waals surface area contributed by atoms with Gasteiger partial charge >= 0.3 is 5.69 Å². The second-order valence-electron chi connectivity index (χ2n) is 3.87. The van der Waals surface area contributed by atoms with Gasteiger partial charge in [0.2, 0.25) is 5.82 Å². The lowest BCUT2D eigenvalue weighted by atomic mass is 10.3. The third-order valence-electron chi connectivity index (χ3n) is 2.53. The van der Waals surface area contributed by atoms with Crippen molar-refractivity contribution in [2.24, 2.45) is 0 Å². The summed E-state index contributed by atoms with van der Waals surface area (Å²) >= 11 is 4.99. The minimum Gasteiger partial charge on any atom is -0.367 e. The third-order valence-corrected chi connectivity index (χ3v) is 3.88. The minimum atomic E-state index is -0.522. The molecule has 2 aromatic rings. The van der Waals surface area contributed by atoms with E-state index in [1.807, 2.05) is 13.0 Å². The van der Waals surface area contributed by atoms with Crippen molar-refractivity contribution in [2.75, 3.05) is 18.1 Å². The van der Waals surface area contributed by atoms with Crippen molar-refractivity contribution in [1.82, 2.24) is 15.0 Å². The van der Waals surface area contributed by atoms with Crippen molar-refractivity contribution in [2.45, 2.75) is 11.8 Å². The number of hydrogen-bond donors (Lipinski definition) is 1. The molecule has 0 unspecified atom stereocenters. The van der Waals surface area contributed by atoms with Gasteiger partial charge in [-0.3, -0.25) is 15.1 Å². The summed E-state index contributed by atoms with van der Waals surface area (Å²) in [5.74, 6) is 1.40. The number of nitrogens with one attached hydrogen (secondary N) is 1. The average Bonchev–Trinajstić information content (AvgIpc) is 2.47. The van der Waals surface area contributed by atoms with Gasteiger partial charge in [-0.15, -0.1) is 11.8 Å². The molecule has 0 amide bonds. The number of thioether (sulfide) groups is 1. The normalized spacial score (nSPS) is 10.4. The molecule has 0 fully saturated rings. The Morgan fingerprint density at radius 2 is 2.19 bits per heavy atom. The van der Waals surface area contributed by atoms with E-state index in [9.17, 15) is 10.1 Å². The van der Waals surface area contributed by atoms with Gasteiger partial charge in [0, 0.05) is 22.6 Å². The largest absolute Gasteiger partial charge is 0.367 e. The Balaban J connectivity index is 2.54. The summed E-state index contributed by atoms with van der Waals surface area (Å²) in [6, 6.07) is 1.93. The number of rotatable bonds is 5. The fourth-order valence-electron chi connectivity index (χ4n) is 1.66. The highest BCUT2D eigenvalue weighted by Crippen LogP contribution is 2.31. The van der Waals surface area contributed by atoms with E-state index in [0.29, 0.717) is 11.5 Å². The first-order chi connectivity index (χ1) is 10.1. The molecule has 2 aromatic heterocycles. The van der Waals surface area contributed by atoms with Gasteiger partial charge in [-0.05, 0) is 27.7 Å². The molecule has 0 saturated carbocycles. The van der Waals surface area contributed by atoms with Crippen LogP contribution in [0.15, 0.2) is 27.8 Å². The average molecular weight is 370 g/mol. The topological polar surface area (TPSA) is 93.8 Å². The molecular formula is C12H12BrN5O2S. The lowest BCUT2D eigenvalue weighted by Crippen LogP contribution is -2.03. The summed E-state index contributed by atoms with van der Waals surface area (Å²) in [6.45, 7) is 2.03. The molecule has 0 aromatic carbocycles. The van der Waals surface area contributed by atoms with E-state index in [-0.39, 0.29) is 11.5 Å². The lowest BCUT2D eigenvalue weighted by molar-refractivity contribution is -0.384. The van der Waals surface area contributed by atoms with Gasteiger partial charge in [-0.1, -0.05) is 6.92 Å². The summed E-state index contributed by atoms with van der Waals surface area (Å²) in [7, 11) is 1.58. The molecule has 2 heterocycles. The number of hydrogen-bond acceptors (Lipinski definition) is 7. The Hall–Kier alpha value is -1.74. The van der Waals surface area contributed by atoms with E-state index in [1.165, 1.54) is 6.20 Å². The number of pyridine rings is 1. The van der Waals surface area contributed by atoms with Crippen molar-refractivity contribution in [3.05, 3.63) is 33.0 Å². The molecule has 7 nitrogen and oxygen atoms in total. The van der Waals surface area contributed by atoms with Crippen molar-refractivity contribution >= 4 is 39.2 Å². The molecule has 0 atom stereocenters. The van der Waals surface area contributed by atoms with Crippen LogP contribution in [0, 0.1) is 10.1 Å². The van der Waals surface area contributed by atoms with Crippen molar-refractivity contribution in [3.63, 3.8) is 0 Å². The van der Waals surface area contributed by atoms with Crippen LogP contribution in [0.5, 0.6) is 0 Å². The number of anilines is 1. The molecule has 2 rings (SSSR count). The molecular weight excluding hydrogens is 358 g/mol. The first-order valence-electron chi connectivity index (χ1n) is 6.04. The van der Waals surface area contributed by atoms with E-state index in [2.05, 4.69) is 36.2 Å². The fraction of sp³-hybridized carbons (Fsp3) is 0.250. The van der Waals surface area contributed by atoms with Crippen LogP contribution in [0.4, 0.5) is 11.5 Å². The summed E-state index contributed by atoms with van der Waals surface area (Å²) in [5.41, 5.74) is 0.444. The smallest absolute Gasteiger partial charge is 0.329 e. The first-order valence-corrected chi connectivity index (χ1v) is 7.82. The molecule has 0 aliphatic carbocycles. The van der Waals surface area contributed by atoms with Crippen LogP contribution in [-0.4, -0.2) is 32.7 Å². The van der Waals surface area contributed by atoms with Gasteiger partial charge in [0.1, 0.15) is 11.9 Å². The molecule has 0 aliphatic rings. The Labute approximate surface area is 133 Å². The highest BCUT2D eigenvalue weighted by molar-refractivity contribution is 9.10. The van der Waals surface area contributed by atoms with Gasteiger partial charge < -0.3 is 5.32 Å². The van der Waals surface area contributed by atoms with Crippen LogP contribution >= 0.6 is 27.7 Å². The van der Waals surface area contributed by atoms with E-state index >= 15 is 0 Å². The van der Waals surface area contributed by atoms with Crippen LogP contribution in [0.25, 0.3) is 11.5 Å². The number of aromatic nitrogens is 3. The maximum Gasteiger partial charge on any atom is 0.329 e. The van der Waals surface area contributed by atoms with Crippen molar-refractivity contribution in [1.29, 1.82) is 0 Å². The molecule has 0 radical (unpaired) electrons. The van der Waals surface area contributed by atoms with Crippen LogP contribution in [0.2, 0.25) is 0 Å². The van der Waals surface area contributed by atoms with Gasteiger partial charge in [-0.25, -0.2) is 9.97 Å². The number of nitrogens with zero attached hydrogens (tertiary/aromatic N) is 4. The molecule has 21 heavy (non-hydrogen) atoms. The molecule has 110 valence electrons. The number of halogens is 1. The molecule has 0 spiro atoms. The summed E-state index contributed by atoms with van der Waals surface area (Å²) in [4.78, 5) is 23.9. The Bertz CT molecular complexity index is 683. The maximum atomic E-state index is 10.9. The monoisotopic (exact) mass is 369 g/mol. The van der Waals surface area contributed by atoms with Crippen molar-refractivity contribution < 1.29 is 4.92 Å². The predicted molar refractivity (Wildman–Crippen MR) is 85.6 cm³/mol. The van der Waals surface area contributed by atoms with Crippen LogP contribution in [-0.2, 0) is 0 Å². The zero-order valence-corrected chi connectivity index (χ0v) is 13.7. The first kappa shape index (κ1) is 15.6. The fourth-order valence-corrected chi connectivity index (χ4v) is 2.95. The minimum absolute atomic E-state index is 0.164. The highest BCUT2D eigenvalue weighted by atomic mass is 79.9. The second kappa shape index (κ2) is 6.81. The van der Waals surface area contributed by atoms with E-state index < -0.39 is 4.92 Å². The van der Waals surface area contributed by atoms with Crippen molar-refractivity contribution in [3.8, 4) is 11.5 Å².